The summed E-state index contributed by atoms with van der Waals surface area (Å²) in [6.07, 6.45) is 9.28. The third kappa shape index (κ3) is 3.47. The highest BCUT2D eigenvalue weighted by molar-refractivity contribution is 5.96. The number of rotatable bonds is 5. The van der Waals surface area contributed by atoms with Crippen LogP contribution in [0.5, 0.6) is 0 Å². The van der Waals surface area contributed by atoms with E-state index in [0.29, 0.717) is 29.4 Å². The minimum absolute atomic E-state index is 0.157. The molecule has 4 aliphatic rings. The van der Waals surface area contributed by atoms with E-state index in [1.807, 2.05) is 0 Å². The molecule has 3 saturated carbocycles. The summed E-state index contributed by atoms with van der Waals surface area (Å²) in [6.45, 7) is 9.04. The maximum absolute atomic E-state index is 12.3. The number of allylic oxidation sites excluding steroid dienone is 1. The molecule has 0 heterocycles. The molecule has 0 bridgehead atoms. The predicted octanol–water partition coefficient (Wildman–Crippen LogP) is 6.27. The first-order valence-electron chi connectivity index (χ1n) is 13.0. The van der Waals surface area contributed by atoms with Crippen LogP contribution in [-0.2, 0) is 16.1 Å². The topological polar surface area (TPSA) is 52.3 Å². The molecule has 2 N–H and O–H groups in total. The van der Waals surface area contributed by atoms with E-state index in [-0.39, 0.29) is 11.2 Å². The summed E-state index contributed by atoms with van der Waals surface area (Å²) >= 11 is 0. The Kier molecular flexibility index (Phi) is 5.76. The number of fused-ring (bicyclic) bond motifs is 5. The number of carbonyl (C=O) groups excluding carboxylic acids is 1. The summed E-state index contributed by atoms with van der Waals surface area (Å²) in [5, 5.41) is 0. The summed E-state index contributed by atoms with van der Waals surface area (Å²) in [7, 11) is 0. The van der Waals surface area contributed by atoms with Crippen molar-refractivity contribution in [3.05, 3.63) is 47.2 Å². The molecule has 0 radical (unpaired) electrons. The van der Waals surface area contributed by atoms with Gasteiger partial charge in [0.25, 0.3) is 0 Å². The molecule has 0 aromatic heterocycles. The SMILES string of the molecule is C[C@H](COCc1ccccc1)[C@H]1CC[C@H]2[C@@H]3CCC4=C(N)C(=O)CC[C@]4(C)[C@H]3CC[C@]12C. The zero-order valence-electron chi connectivity index (χ0n) is 20.2. The Morgan fingerprint density at radius 1 is 1.03 bits per heavy atom. The van der Waals surface area contributed by atoms with Crippen molar-refractivity contribution in [2.24, 2.45) is 46.2 Å². The van der Waals surface area contributed by atoms with E-state index in [1.54, 1.807) is 0 Å². The fourth-order valence-corrected chi connectivity index (χ4v) is 8.78. The van der Waals surface area contributed by atoms with Crippen molar-refractivity contribution in [1.82, 2.24) is 0 Å². The van der Waals surface area contributed by atoms with Crippen LogP contribution < -0.4 is 5.73 Å². The summed E-state index contributed by atoms with van der Waals surface area (Å²) in [5.41, 5.74) is 10.1. The summed E-state index contributed by atoms with van der Waals surface area (Å²) < 4.78 is 6.18. The molecule has 3 fully saturated rings. The monoisotopic (exact) mass is 435 g/mol. The van der Waals surface area contributed by atoms with Gasteiger partial charge >= 0.3 is 0 Å². The molecular formula is C29H41NO2. The second-order valence-corrected chi connectivity index (χ2v) is 11.9. The van der Waals surface area contributed by atoms with Crippen molar-refractivity contribution in [1.29, 1.82) is 0 Å². The summed E-state index contributed by atoms with van der Waals surface area (Å²) in [4.78, 5) is 12.3. The molecule has 7 atom stereocenters. The Hall–Kier alpha value is -1.61. The lowest BCUT2D eigenvalue weighted by Crippen LogP contribution is -2.52. The second kappa shape index (κ2) is 8.31. The van der Waals surface area contributed by atoms with Crippen LogP contribution in [0.1, 0.15) is 77.7 Å². The Balaban J connectivity index is 1.28. The second-order valence-electron chi connectivity index (χ2n) is 11.9. The molecule has 0 unspecified atom stereocenters. The standard InChI is InChI=1S/C29H41NO2/c1-19(17-32-18-20-7-5-4-6-8-20)22-11-12-23-21-9-10-25-27(30)26(31)14-16-29(25,3)24(21)13-15-28(22,23)2/h4-8,19,21-24H,9-18,30H2,1-3H3/t19-,21+,22-,23+,24+,28-,29-/m1/s1. The van der Waals surface area contributed by atoms with Crippen molar-refractivity contribution >= 4 is 5.78 Å². The van der Waals surface area contributed by atoms with E-state index in [1.165, 1.54) is 43.2 Å². The molecule has 0 spiro atoms. The van der Waals surface area contributed by atoms with Gasteiger partial charge in [-0.05, 0) is 96.5 Å². The largest absolute Gasteiger partial charge is 0.396 e. The van der Waals surface area contributed by atoms with E-state index in [0.717, 1.165) is 43.8 Å². The molecule has 1 aromatic carbocycles. The Labute approximate surface area is 194 Å². The molecule has 5 rings (SSSR count). The van der Waals surface area contributed by atoms with Gasteiger partial charge in [0.05, 0.1) is 12.3 Å². The van der Waals surface area contributed by atoms with Gasteiger partial charge < -0.3 is 10.5 Å². The molecule has 4 aliphatic carbocycles. The number of carbonyl (C=O) groups is 1. The Morgan fingerprint density at radius 3 is 2.59 bits per heavy atom. The molecule has 1 aromatic rings. The lowest BCUT2D eigenvalue weighted by atomic mass is 9.46. The van der Waals surface area contributed by atoms with E-state index in [4.69, 9.17) is 10.5 Å². The van der Waals surface area contributed by atoms with Gasteiger partial charge in [-0.3, -0.25) is 4.79 Å². The number of nitrogens with two attached hydrogens (primary N) is 1. The number of hydrogen-bond acceptors (Lipinski definition) is 3. The third-order valence-corrected chi connectivity index (χ3v) is 10.4. The molecule has 3 nitrogen and oxygen atoms in total. The minimum atomic E-state index is 0.157. The maximum Gasteiger partial charge on any atom is 0.178 e. The van der Waals surface area contributed by atoms with E-state index < -0.39 is 0 Å². The van der Waals surface area contributed by atoms with Crippen LogP contribution in [0.15, 0.2) is 41.6 Å². The van der Waals surface area contributed by atoms with Gasteiger partial charge in [-0.15, -0.1) is 0 Å². The van der Waals surface area contributed by atoms with Crippen LogP contribution in [0, 0.1) is 40.4 Å². The number of ketones is 1. The number of Topliss-reactive ketones (excluding diaryl/α,β-unsaturated/α-hetero) is 1. The fraction of sp³-hybridized carbons (Fsp3) is 0.690. The molecule has 32 heavy (non-hydrogen) atoms. The fourth-order valence-electron chi connectivity index (χ4n) is 8.78. The predicted molar refractivity (Wildman–Crippen MR) is 129 cm³/mol. The van der Waals surface area contributed by atoms with Crippen LogP contribution in [0.2, 0.25) is 0 Å². The number of benzene rings is 1. The van der Waals surface area contributed by atoms with Gasteiger partial charge in [0, 0.05) is 13.0 Å². The van der Waals surface area contributed by atoms with Gasteiger partial charge in [0.1, 0.15) is 0 Å². The highest BCUT2D eigenvalue weighted by atomic mass is 16.5. The number of hydrogen-bond donors (Lipinski definition) is 1. The zero-order chi connectivity index (χ0) is 22.5. The Bertz CT molecular complexity index is 892. The average molecular weight is 436 g/mol. The van der Waals surface area contributed by atoms with Crippen LogP contribution in [0.25, 0.3) is 0 Å². The molecule has 0 aliphatic heterocycles. The van der Waals surface area contributed by atoms with Crippen molar-refractivity contribution in [3.63, 3.8) is 0 Å². The third-order valence-electron chi connectivity index (χ3n) is 10.4. The quantitative estimate of drug-likeness (QED) is 0.593. The van der Waals surface area contributed by atoms with E-state index >= 15 is 0 Å². The van der Waals surface area contributed by atoms with Gasteiger partial charge in [-0.25, -0.2) is 0 Å². The normalized spacial score (nSPS) is 39.9. The van der Waals surface area contributed by atoms with Crippen LogP contribution in [0.3, 0.4) is 0 Å². The lowest BCUT2D eigenvalue weighted by molar-refractivity contribution is -0.119. The van der Waals surface area contributed by atoms with Crippen molar-refractivity contribution < 1.29 is 9.53 Å². The average Bonchev–Trinajstić information content (AvgIpc) is 3.15. The zero-order valence-corrected chi connectivity index (χ0v) is 20.2. The molecule has 0 saturated heterocycles. The Morgan fingerprint density at radius 2 is 1.81 bits per heavy atom. The van der Waals surface area contributed by atoms with E-state index in [9.17, 15) is 4.79 Å². The first-order chi connectivity index (χ1) is 15.3. The van der Waals surface area contributed by atoms with Crippen LogP contribution >= 0.6 is 0 Å². The molecule has 174 valence electrons. The van der Waals surface area contributed by atoms with Crippen molar-refractivity contribution in [2.75, 3.05) is 6.61 Å². The van der Waals surface area contributed by atoms with Crippen LogP contribution in [0.4, 0.5) is 0 Å². The molecular weight excluding hydrogens is 394 g/mol. The van der Waals surface area contributed by atoms with Gasteiger partial charge in [-0.2, -0.15) is 0 Å². The van der Waals surface area contributed by atoms with Gasteiger partial charge in [0.15, 0.2) is 5.78 Å². The summed E-state index contributed by atoms with van der Waals surface area (Å²) in [5.74, 6) is 3.88. The van der Waals surface area contributed by atoms with E-state index in [2.05, 4.69) is 51.1 Å². The lowest BCUT2D eigenvalue weighted by Gasteiger charge is -2.58. The minimum Gasteiger partial charge on any atom is -0.396 e. The smallest absolute Gasteiger partial charge is 0.178 e. The first-order valence-corrected chi connectivity index (χ1v) is 13.0. The summed E-state index contributed by atoms with van der Waals surface area (Å²) in [6, 6.07) is 10.5. The van der Waals surface area contributed by atoms with Crippen LogP contribution in [-0.4, -0.2) is 12.4 Å². The highest BCUT2D eigenvalue weighted by Gasteiger charge is 2.60. The van der Waals surface area contributed by atoms with Crippen molar-refractivity contribution in [3.8, 4) is 0 Å². The van der Waals surface area contributed by atoms with Crippen molar-refractivity contribution in [2.45, 2.75) is 78.7 Å². The maximum atomic E-state index is 12.3. The first kappa shape index (κ1) is 22.2. The molecule has 3 heteroatoms. The van der Waals surface area contributed by atoms with Gasteiger partial charge in [-0.1, -0.05) is 51.1 Å². The highest BCUT2D eigenvalue weighted by Crippen LogP contribution is 2.67. The van der Waals surface area contributed by atoms with Gasteiger partial charge in [0.2, 0.25) is 0 Å². The molecule has 0 amide bonds. The number of ether oxygens (including phenoxy) is 1.